The first-order valence-corrected chi connectivity index (χ1v) is 6.47. The Morgan fingerprint density at radius 3 is 2.86 bits per heavy atom. The van der Waals surface area contributed by atoms with E-state index in [-0.39, 0.29) is 29.3 Å². The van der Waals surface area contributed by atoms with E-state index in [0.717, 1.165) is 6.07 Å². The molecule has 8 heteroatoms. The van der Waals surface area contributed by atoms with Crippen molar-refractivity contribution in [2.24, 2.45) is 11.7 Å². The van der Waals surface area contributed by atoms with Gasteiger partial charge in [-0.25, -0.2) is 0 Å². The largest absolute Gasteiger partial charge is 0.573 e. The van der Waals surface area contributed by atoms with Crippen molar-refractivity contribution in [2.45, 2.75) is 18.8 Å². The van der Waals surface area contributed by atoms with Crippen LogP contribution in [0.3, 0.4) is 0 Å². The summed E-state index contributed by atoms with van der Waals surface area (Å²) >= 11 is 0. The Balaban J connectivity index is 1.96. The molecule has 1 aliphatic rings. The highest BCUT2D eigenvalue weighted by molar-refractivity contribution is 5.95. The molecule has 1 aromatic rings. The van der Waals surface area contributed by atoms with Crippen molar-refractivity contribution in [2.75, 3.05) is 18.4 Å². The SMILES string of the molecule is NC[C@H]1CN[C@H](C(=O)Nc2cccc(OC(F)(F)F)c2)C1. The van der Waals surface area contributed by atoms with Gasteiger partial charge in [0.15, 0.2) is 0 Å². The zero-order valence-corrected chi connectivity index (χ0v) is 11.1. The van der Waals surface area contributed by atoms with Gasteiger partial charge in [0.25, 0.3) is 0 Å². The van der Waals surface area contributed by atoms with Crippen LogP contribution in [-0.2, 0) is 4.79 Å². The average molecular weight is 303 g/mol. The quantitative estimate of drug-likeness (QED) is 0.787. The highest BCUT2D eigenvalue weighted by Crippen LogP contribution is 2.25. The highest BCUT2D eigenvalue weighted by atomic mass is 19.4. The predicted molar refractivity (Wildman–Crippen MR) is 70.7 cm³/mol. The summed E-state index contributed by atoms with van der Waals surface area (Å²) in [5.74, 6) is -0.435. The summed E-state index contributed by atoms with van der Waals surface area (Å²) in [5.41, 5.74) is 5.78. The van der Waals surface area contributed by atoms with Crippen LogP contribution in [0.15, 0.2) is 24.3 Å². The molecule has 21 heavy (non-hydrogen) atoms. The molecule has 2 atom stereocenters. The number of hydrogen-bond acceptors (Lipinski definition) is 4. The fourth-order valence-electron chi connectivity index (χ4n) is 2.19. The molecule has 0 aromatic heterocycles. The number of amides is 1. The number of rotatable bonds is 4. The Morgan fingerprint density at radius 2 is 2.24 bits per heavy atom. The van der Waals surface area contributed by atoms with E-state index < -0.39 is 6.36 Å². The van der Waals surface area contributed by atoms with Gasteiger partial charge in [0.05, 0.1) is 6.04 Å². The second kappa shape index (κ2) is 6.31. The van der Waals surface area contributed by atoms with Crippen molar-refractivity contribution >= 4 is 11.6 Å². The number of halogens is 3. The second-order valence-corrected chi connectivity index (χ2v) is 4.86. The van der Waals surface area contributed by atoms with Crippen molar-refractivity contribution < 1.29 is 22.7 Å². The summed E-state index contributed by atoms with van der Waals surface area (Å²) in [6.45, 7) is 1.15. The first-order valence-electron chi connectivity index (χ1n) is 6.47. The minimum Gasteiger partial charge on any atom is -0.406 e. The number of hydrogen-bond donors (Lipinski definition) is 3. The van der Waals surface area contributed by atoms with Gasteiger partial charge in [-0.05, 0) is 37.6 Å². The number of anilines is 1. The lowest BCUT2D eigenvalue weighted by atomic mass is 10.1. The van der Waals surface area contributed by atoms with Crippen LogP contribution in [0.4, 0.5) is 18.9 Å². The first-order chi connectivity index (χ1) is 9.87. The lowest BCUT2D eigenvalue weighted by molar-refractivity contribution is -0.274. The number of carbonyl (C=O) groups excluding carboxylic acids is 1. The average Bonchev–Trinajstić information content (AvgIpc) is 2.85. The molecule has 0 saturated carbocycles. The Kier molecular flexibility index (Phi) is 4.69. The van der Waals surface area contributed by atoms with E-state index in [1.165, 1.54) is 18.2 Å². The Labute approximate surface area is 119 Å². The van der Waals surface area contributed by atoms with Gasteiger partial charge in [-0.1, -0.05) is 6.07 Å². The van der Waals surface area contributed by atoms with E-state index in [2.05, 4.69) is 15.4 Å². The highest BCUT2D eigenvalue weighted by Gasteiger charge is 2.31. The topological polar surface area (TPSA) is 76.4 Å². The monoisotopic (exact) mass is 303 g/mol. The lowest BCUT2D eigenvalue weighted by Crippen LogP contribution is -2.35. The van der Waals surface area contributed by atoms with Gasteiger partial charge in [0.1, 0.15) is 5.75 Å². The third kappa shape index (κ3) is 4.61. The van der Waals surface area contributed by atoms with Crippen molar-refractivity contribution in [3.05, 3.63) is 24.3 Å². The van der Waals surface area contributed by atoms with Gasteiger partial charge >= 0.3 is 6.36 Å². The molecular weight excluding hydrogens is 287 g/mol. The third-order valence-corrected chi connectivity index (χ3v) is 3.21. The Morgan fingerprint density at radius 1 is 1.48 bits per heavy atom. The Hall–Kier alpha value is -1.80. The maximum atomic E-state index is 12.1. The summed E-state index contributed by atoms with van der Waals surface area (Å²) < 4.78 is 40.2. The fourth-order valence-corrected chi connectivity index (χ4v) is 2.19. The molecule has 2 rings (SSSR count). The van der Waals surface area contributed by atoms with Crippen molar-refractivity contribution in [3.8, 4) is 5.75 Å². The van der Waals surface area contributed by atoms with Crippen molar-refractivity contribution in [3.63, 3.8) is 0 Å². The molecule has 5 nitrogen and oxygen atoms in total. The van der Waals surface area contributed by atoms with Crippen LogP contribution in [0.5, 0.6) is 5.75 Å². The molecule has 1 fully saturated rings. The second-order valence-electron chi connectivity index (χ2n) is 4.86. The van der Waals surface area contributed by atoms with Crippen molar-refractivity contribution in [1.82, 2.24) is 5.32 Å². The van der Waals surface area contributed by atoms with E-state index in [9.17, 15) is 18.0 Å². The van der Waals surface area contributed by atoms with Crippen LogP contribution in [0.25, 0.3) is 0 Å². The molecule has 1 saturated heterocycles. The summed E-state index contributed by atoms with van der Waals surface area (Å²) in [6.07, 6.45) is -4.15. The molecule has 1 heterocycles. The minimum absolute atomic E-state index is 0.237. The van der Waals surface area contributed by atoms with Crippen LogP contribution in [-0.4, -0.2) is 31.4 Å². The first kappa shape index (κ1) is 15.6. The molecule has 116 valence electrons. The summed E-state index contributed by atoms with van der Waals surface area (Å²) in [4.78, 5) is 12.0. The molecule has 1 aliphatic heterocycles. The van der Waals surface area contributed by atoms with Crippen LogP contribution >= 0.6 is 0 Å². The van der Waals surface area contributed by atoms with Crippen LogP contribution < -0.4 is 21.1 Å². The maximum Gasteiger partial charge on any atom is 0.573 e. The van der Waals surface area contributed by atoms with E-state index in [4.69, 9.17) is 5.73 Å². The molecule has 1 aromatic carbocycles. The zero-order chi connectivity index (χ0) is 15.5. The van der Waals surface area contributed by atoms with Gasteiger partial charge in [-0.3, -0.25) is 4.79 Å². The molecule has 4 N–H and O–H groups in total. The molecule has 0 aliphatic carbocycles. The molecule has 0 spiro atoms. The molecule has 0 bridgehead atoms. The fraction of sp³-hybridized carbons (Fsp3) is 0.462. The van der Waals surface area contributed by atoms with Gasteiger partial charge in [0, 0.05) is 11.8 Å². The van der Waals surface area contributed by atoms with Gasteiger partial charge in [-0.15, -0.1) is 13.2 Å². The van der Waals surface area contributed by atoms with Crippen LogP contribution in [0.1, 0.15) is 6.42 Å². The lowest BCUT2D eigenvalue weighted by Gasteiger charge is -2.13. The standard InChI is InChI=1S/C13H16F3N3O2/c14-13(15,16)21-10-3-1-2-9(5-10)19-12(20)11-4-8(6-17)7-18-11/h1-3,5,8,11,18H,4,6-7,17H2,(H,19,20)/t8-,11-/m0/s1. The zero-order valence-electron chi connectivity index (χ0n) is 11.1. The molecule has 0 radical (unpaired) electrons. The van der Waals surface area contributed by atoms with E-state index in [1.54, 1.807) is 0 Å². The van der Waals surface area contributed by atoms with Crippen LogP contribution in [0.2, 0.25) is 0 Å². The molecule has 1 amide bonds. The molecule has 0 unspecified atom stereocenters. The number of alkyl halides is 3. The van der Waals surface area contributed by atoms with E-state index >= 15 is 0 Å². The van der Waals surface area contributed by atoms with Gasteiger partial charge in [-0.2, -0.15) is 0 Å². The van der Waals surface area contributed by atoms with Crippen LogP contribution in [0, 0.1) is 5.92 Å². The third-order valence-electron chi connectivity index (χ3n) is 3.21. The van der Waals surface area contributed by atoms with E-state index in [1.807, 2.05) is 0 Å². The van der Waals surface area contributed by atoms with Gasteiger partial charge in [0.2, 0.25) is 5.91 Å². The smallest absolute Gasteiger partial charge is 0.406 e. The van der Waals surface area contributed by atoms with Gasteiger partial charge < -0.3 is 21.1 Å². The van der Waals surface area contributed by atoms with E-state index in [0.29, 0.717) is 19.5 Å². The number of nitrogens with two attached hydrogens (primary N) is 1. The molecular formula is C13H16F3N3O2. The summed E-state index contributed by atoms with van der Waals surface area (Å²) in [6, 6.07) is 4.78. The number of nitrogens with one attached hydrogen (secondary N) is 2. The Bertz CT molecular complexity index is 508. The summed E-state index contributed by atoms with van der Waals surface area (Å²) in [5, 5.41) is 5.59. The maximum absolute atomic E-state index is 12.1. The number of benzene rings is 1. The summed E-state index contributed by atoms with van der Waals surface area (Å²) in [7, 11) is 0. The number of carbonyl (C=O) groups is 1. The predicted octanol–water partition coefficient (Wildman–Crippen LogP) is 1.46. The minimum atomic E-state index is -4.76. The number of ether oxygens (including phenoxy) is 1. The van der Waals surface area contributed by atoms with Crippen molar-refractivity contribution in [1.29, 1.82) is 0 Å². The normalized spacial score (nSPS) is 22.1.